The summed E-state index contributed by atoms with van der Waals surface area (Å²) in [5.41, 5.74) is 0.168. The highest BCUT2D eigenvalue weighted by Crippen LogP contribution is 2.41. The largest absolute Gasteiger partial charge is 0.370 e. The second-order valence-corrected chi connectivity index (χ2v) is 8.12. The van der Waals surface area contributed by atoms with Gasteiger partial charge in [-0.2, -0.15) is 0 Å². The molecule has 1 saturated heterocycles. The molecule has 5 heteroatoms. The van der Waals surface area contributed by atoms with Crippen LogP contribution in [-0.4, -0.2) is 45.2 Å². The maximum absolute atomic E-state index is 11.0. The Morgan fingerprint density at radius 2 is 1.94 bits per heavy atom. The first kappa shape index (κ1) is 14.3. The summed E-state index contributed by atoms with van der Waals surface area (Å²) in [5.74, 6) is 0.213. The van der Waals surface area contributed by atoms with E-state index in [0.29, 0.717) is 6.54 Å². The number of rotatable bonds is 5. The van der Waals surface area contributed by atoms with Gasteiger partial charge in [-0.15, -0.1) is 0 Å². The van der Waals surface area contributed by atoms with E-state index in [1.165, 1.54) is 44.8 Å². The Hall–Kier alpha value is -0.130. The molecule has 0 bridgehead atoms. The van der Waals surface area contributed by atoms with E-state index in [-0.39, 0.29) is 17.5 Å². The van der Waals surface area contributed by atoms with Gasteiger partial charge in [0.1, 0.15) is 9.84 Å². The highest BCUT2D eigenvalue weighted by atomic mass is 32.2. The number of hydrogen-bond donors (Lipinski definition) is 1. The van der Waals surface area contributed by atoms with Crippen LogP contribution in [0, 0.1) is 0 Å². The lowest BCUT2D eigenvalue weighted by Crippen LogP contribution is -2.35. The van der Waals surface area contributed by atoms with Crippen molar-refractivity contribution in [1.29, 1.82) is 0 Å². The summed E-state index contributed by atoms with van der Waals surface area (Å²) in [4.78, 5) is 0. The van der Waals surface area contributed by atoms with Gasteiger partial charge >= 0.3 is 0 Å². The van der Waals surface area contributed by atoms with Crippen molar-refractivity contribution in [1.82, 2.24) is 5.32 Å². The zero-order chi connectivity index (χ0) is 13.1. The van der Waals surface area contributed by atoms with Gasteiger partial charge in [0.25, 0.3) is 0 Å². The molecule has 1 aliphatic heterocycles. The lowest BCUT2D eigenvalue weighted by atomic mass is 9.83. The van der Waals surface area contributed by atoms with Gasteiger partial charge in [0.15, 0.2) is 0 Å². The summed E-state index contributed by atoms with van der Waals surface area (Å²) in [6.07, 6.45) is 10.2. The average molecular weight is 275 g/mol. The Kier molecular flexibility index (Phi) is 4.67. The van der Waals surface area contributed by atoms with Gasteiger partial charge in [-0.25, -0.2) is 8.42 Å². The molecule has 18 heavy (non-hydrogen) atoms. The normalized spacial score (nSPS) is 27.7. The fraction of sp³-hybridized carbons (Fsp3) is 1.00. The lowest BCUT2D eigenvalue weighted by molar-refractivity contribution is -0.0622. The molecule has 1 spiro atoms. The summed E-state index contributed by atoms with van der Waals surface area (Å²) in [5, 5.41) is 3.20. The van der Waals surface area contributed by atoms with Crippen molar-refractivity contribution in [3.63, 3.8) is 0 Å². The predicted molar refractivity (Wildman–Crippen MR) is 72.5 cm³/mol. The van der Waals surface area contributed by atoms with Crippen molar-refractivity contribution in [2.45, 2.75) is 56.7 Å². The van der Waals surface area contributed by atoms with Crippen LogP contribution in [0.4, 0.5) is 0 Å². The molecule has 1 unspecified atom stereocenters. The summed E-state index contributed by atoms with van der Waals surface area (Å²) in [7, 11) is -2.85. The van der Waals surface area contributed by atoms with Gasteiger partial charge in [0.2, 0.25) is 0 Å². The smallest absolute Gasteiger partial charge is 0.148 e. The fourth-order valence-electron chi connectivity index (χ4n) is 3.12. The molecule has 4 nitrogen and oxygen atoms in total. The van der Waals surface area contributed by atoms with Crippen LogP contribution in [0.25, 0.3) is 0 Å². The van der Waals surface area contributed by atoms with Crippen molar-refractivity contribution in [2.75, 3.05) is 25.1 Å². The minimum absolute atomic E-state index is 0.168. The van der Waals surface area contributed by atoms with Crippen LogP contribution < -0.4 is 5.32 Å². The van der Waals surface area contributed by atoms with Gasteiger partial charge in [0.05, 0.1) is 17.5 Å². The molecule has 0 amide bonds. The van der Waals surface area contributed by atoms with E-state index in [1.54, 1.807) is 0 Å². The third-order valence-corrected chi connectivity index (χ3v) is 5.07. The minimum Gasteiger partial charge on any atom is -0.370 e. The highest BCUT2D eigenvalue weighted by molar-refractivity contribution is 7.90. The first-order valence-electron chi connectivity index (χ1n) is 7.05. The van der Waals surface area contributed by atoms with Crippen molar-refractivity contribution < 1.29 is 13.2 Å². The Balaban J connectivity index is 1.66. The Labute approximate surface area is 110 Å². The quantitative estimate of drug-likeness (QED) is 0.773. The molecule has 0 aromatic rings. The summed E-state index contributed by atoms with van der Waals surface area (Å²) < 4.78 is 28.2. The monoisotopic (exact) mass is 275 g/mol. The van der Waals surface area contributed by atoms with Crippen molar-refractivity contribution in [3.05, 3.63) is 0 Å². The summed E-state index contributed by atoms with van der Waals surface area (Å²) >= 11 is 0. The highest BCUT2D eigenvalue weighted by Gasteiger charge is 2.40. The van der Waals surface area contributed by atoms with E-state index in [0.717, 1.165) is 13.0 Å². The molecule has 106 valence electrons. The Morgan fingerprint density at radius 3 is 2.61 bits per heavy atom. The van der Waals surface area contributed by atoms with Crippen LogP contribution in [0.5, 0.6) is 0 Å². The van der Waals surface area contributed by atoms with Crippen LogP contribution in [0.3, 0.4) is 0 Å². The maximum Gasteiger partial charge on any atom is 0.148 e. The zero-order valence-corrected chi connectivity index (χ0v) is 12.1. The van der Waals surface area contributed by atoms with Gasteiger partial charge in [-0.1, -0.05) is 19.3 Å². The number of ether oxygens (including phenoxy) is 1. The zero-order valence-electron chi connectivity index (χ0n) is 11.3. The van der Waals surface area contributed by atoms with Crippen molar-refractivity contribution in [3.8, 4) is 0 Å². The van der Waals surface area contributed by atoms with E-state index in [9.17, 15) is 8.42 Å². The summed E-state index contributed by atoms with van der Waals surface area (Å²) in [6, 6.07) is 0. The fourth-order valence-corrected chi connectivity index (χ4v) is 3.64. The van der Waals surface area contributed by atoms with Gasteiger partial charge in [0, 0.05) is 19.3 Å². The minimum atomic E-state index is -2.85. The SMILES string of the molecule is CS(=O)(=O)CCNCC1CCC2(CCCCC2)O1. The second kappa shape index (κ2) is 5.88. The molecular formula is C13H25NO3S. The van der Waals surface area contributed by atoms with Crippen molar-refractivity contribution in [2.24, 2.45) is 0 Å². The topological polar surface area (TPSA) is 55.4 Å². The third-order valence-electron chi connectivity index (χ3n) is 4.13. The molecule has 1 atom stereocenters. The predicted octanol–water partition coefficient (Wildman–Crippen LogP) is 1.50. The molecule has 1 saturated carbocycles. The van der Waals surface area contributed by atoms with E-state index in [2.05, 4.69) is 5.32 Å². The molecule has 0 radical (unpaired) electrons. The first-order chi connectivity index (χ1) is 8.49. The van der Waals surface area contributed by atoms with Crippen LogP contribution in [0.2, 0.25) is 0 Å². The second-order valence-electron chi connectivity index (χ2n) is 5.86. The molecule has 2 rings (SSSR count). The molecule has 2 fully saturated rings. The van der Waals surface area contributed by atoms with Gasteiger partial charge in [-0.3, -0.25) is 0 Å². The Morgan fingerprint density at radius 1 is 1.22 bits per heavy atom. The molecule has 2 aliphatic rings. The van der Waals surface area contributed by atoms with E-state index in [4.69, 9.17) is 4.74 Å². The standard InChI is InChI=1S/C13H25NO3S/c1-18(15,16)10-9-14-11-12-5-8-13(17-12)6-3-2-4-7-13/h12,14H,2-11H2,1H3. The number of hydrogen-bond acceptors (Lipinski definition) is 4. The van der Waals surface area contributed by atoms with E-state index >= 15 is 0 Å². The molecule has 1 N–H and O–H groups in total. The summed E-state index contributed by atoms with van der Waals surface area (Å²) in [6.45, 7) is 1.32. The van der Waals surface area contributed by atoms with E-state index < -0.39 is 9.84 Å². The van der Waals surface area contributed by atoms with Crippen LogP contribution in [0.1, 0.15) is 44.9 Å². The molecule has 1 heterocycles. The first-order valence-corrected chi connectivity index (χ1v) is 9.11. The number of nitrogens with one attached hydrogen (secondary N) is 1. The van der Waals surface area contributed by atoms with Crippen LogP contribution in [-0.2, 0) is 14.6 Å². The molecule has 0 aromatic carbocycles. The van der Waals surface area contributed by atoms with Crippen molar-refractivity contribution >= 4 is 9.84 Å². The van der Waals surface area contributed by atoms with E-state index in [1.807, 2.05) is 0 Å². The molecular weight excluding hydrogens is 250 g/mol. The third kappa shape index (κ3) is 4.21. The maximum atomic E-state index is 11.0. The molecule has 1 aliphatic carbocycles. The van der Waals surface area contributed by atoms with Crippen LogP contribution in [0.15, 0.2) is 0 Å². The molecule has 0 aromatic heterocycles. The van der Waals surface area contributed by atoms with Gasteiger partial charge < -0.3 is 10.1 Å². The van der Waals surface area contributed by atoms with Crippen LogP contribution >= 0.6 is 0 Å². The number of sulfone groups is 1. The lowest BCUT2D eigenvalue weighted by Gasteiger charge is -2.33. The average Bonchev–Trinajstić information content (AvgIpc) is 2.68. The Bertz CT molecular complexity index is 360. The van der Waals surface area contributed by atoms with Gasteiger partial charge in [-0.05, 0) is 25.7 Å².